The Morgan fingerprint density at radius 2 is 1.95 bits per heavy atom. The van der Waals surface area contributed by atoms with E-state index in [1.54, 1.807) is 23.5 Å². The molecule has 14 heteroatoms. The van der Waals surface area contributed by atoms with E-state index in [0.717, 1.165) is 4.57 Å². The van der Waals surface area contributed by atoms with Gasteiger partial charge in [-0.2, -0.15) is 4.80 Å². The summed E-state index contributed by atoms with van der Waals surface area (Å²) in [5.41, 5.74) is 7.70. The lowest BCUT2D eigenvalue weighted by molar-refractivity contribution is 0.630. The van der Waals surface area contributed by atoms with Crippen LogP contribution >= 0.6 is 11.6 Å². The van der Waals surface area contributed by atoms with Gasteiger partial charge in [0.2, 0.25) is 11.8 Å². The number of pyridine rings is 1. The number of nitrogen functional groups attached to an aromatic ring is 1. The fourth-order valence-corrected chi connectivity index (χ4v) is 4.66. The van der Waals surface area contributed by atoms with Crippen LogP contribution in [-0.2, 0) is 14.0 Å². The van der Waals surface area contributed by atoms with Gasteiger partial charge >= 0.3 is 0 Å². The molecule has 39 heavy (non-hydrogen) atoms. The zero-order chi connectivity index (χ0) is 32.4. The Balaban J connectivity index is 1.56. The molecular formula is C25H23ClN12O. The molecule has 0 aliphatic carbocycles. The van der Waals surface area contributed by atoms with Crippen LogP contribution in [0, 0.1) is 6.92 Å². The van der Waals surface area contributed by atoms with Gasteiger partial charge in [-0.05, 0) is 48.4 Å². The van der Waals surface area contributed by atoms with E-state index in [9.17, 15) is 4.79 Å². The molecule has 0 bridgehead atoms. The largest absolute Gasteiger partial charge is 0.377 e. The summed E-state index contributed by atoms with van der Waals surface area (Å²) in [4.78, 5) is 31.2. The molecule has 1 atom stereocenters. The first-order chi connectivity index (χ1) is 21.1. The Morgan fingerprint density at radius 1 is 1.13 bits per heavy atom. The molecule has 5 aromatic heterocycles. The van der Waals surface area contributed by atoms with Crippen LogP contribution in [-0.4, -0.2) is 49.1 Å². The summed E-state index contributed by atoms with van der Waals surface area (Å²) in [6, 6.07) is 6.09. The van der Waals surface area contributed by atoms with Crippen LogP contribution < -0.4 is 16.6 Å². The first-order valence-electron chi connectivity index (χ1n) is 14.5. The van der Waals surface area contributed by atoms with Gasteiger partial charge in [-0.3, -0.25) is 13.8 Å². The van der Waals surface area contributed by atoms with E-state index < -0.39 is 25.6 Å². The Labute approximate surface area is 234 Å². The molecule has 0 aliphatic heterocycles. The highest BCUT2D eigenvalue weighted by Crippen LogP contribution is 2.33. The minimum atomic E-state index is -2.85. The van der Waals surface area contributed by atoms with Gasteiger partial charge in [-0.1, -0.05) is 17.7 Å². The third-order valence-corrected chi connectivity index (χ3v) is 6.39. The van der Waals surface area contributed by atoms with Crippen LogP contribution in [0.25, 0.3) is 39.3 Å². The van der Waals surface area contributed by atoms with Crippen molar-refractivity contribution in [1.29, 1.82) is 0 Å². The van der Waals surface area contributed by atoms with Gasteiger partial charge in [-0.25, -0.2) is 19.9 Å². The molecule has 0 saturated carbocycles. The molecular weight excluding hydrogens is 520 g/mol. The third-order valence-electron chi connectivity index (χ3n) is 6.18. The number of fused-ring (bicyclic) bond motifs is 3. The predicted octanol–water partition coefficient (Wildman–Crippen LogP) is 2.95. The van der Waals surface area contributed by atoms with Crippen molar-refractivity contribution in [3.8, 4) is 22.8 Å². The molecule has 6 rings (SSSR count). The molecule has 13 nitrogen and oxygen atoms in total. The lowest BCUT2D eigenvalue weighted by atomic mass is 10.0. The molecule has 1 unspecified atom stereocenters. The number of nitrogens with two attached hydrogens (primary N) is 1. The highest BCUT2D eigenvalue weighted by Gasteiger charge is 2.22. The van der Waals surface area contributed by atoms with Crippen molar-refractivity contribution in [3.63, 3.8) is 0 Å². The summed E-state index contributed by atoms with van der Waals surface area (Å²) in [5.74, 6) is -0.0591. The van der Waals surface area contributed by atoms with Crippen LogP contribution in [0.3, 0.4) is 0 Å². The van der Waals surface area contributed by atoms with Gasteiger partial charge in [0, 0.05) is 33.2 Å². The lowest BCUT2D eigenvalue weighted by Crippen LogP contribution is -2.21. The number of nitrogens with one attached hydrogen (secondary N) is 1. The van der Waals surface area contributed by atoms with Crippen molar-refractivity contribution >= 4 is 39.8 Å². The average molecular weight is 549 g/mol. The quantitative estimate of drug-likeness (QED) is 0.306. The average Bonchev–Trinajstić information content (AvgIpc) is 3.62. The molecule has 6 aromatic rings. The van der Waals surface area contributed by atoms with E-state index in [1.807, 2.05) is 13.0 Å². The normalized spacial score (nSPS) is 15.3. The van der Waals surface area contributed by atoms with Crippen LogP contribution in [0.2, 0.25) is 5.15 Å². The Morgan fingerprint density at radius 3 is 2.69 bits per heavy atom. The number of imidazole rings is 1. The Hall–Kier alpha value is -4.91. The number of anilines is 2. The summed E-state index contributed by atoms with van der Waals surface area (Å²) >= 11 is 6.17. The Kier molecular flexibility index (Phi) is 4.30. The number of tetrazole rings is 1. The summed E-state index contributed by atoms with van der Waals surface area (Å²) in [5, 5.41) is 15.0. The number of aromatic nitrogens is 10. The minimum absolute atomic E-state index is 0.0116. The second-order valence-corrected chi connectivity index (χ2v) is 9.19. The minimum Gasteiger partial charge on any atom is -0.377 e. The number of benzene rings is 1. The zero-order valence-corrected chi connectivity index (χ0v) is 21.2. The first-order valence-corrected chi connectivity index (χ1v) is 11.9. The first kappa shape index (κ1) is 18.4. The summed E-state index contributed by atoms with van der Waals surface area (Å²) in [7, 11) is 0. The zero-order valence-electron chi connectivity index (χ0n) is 26.5. The molecule has 0 saturated heterocycles. The molecule has 0 aliphatic rings. The fraction of sp³-hybridized carbons (Fsp3) is 0.200. The number of halogens is 1. The molecule has 5 heterocycles. The monoisotopic (exact) mass is 548 g/mol. The van der Waals surface area contributed by atoms with Gasteiger partial charge in [0.05, 0.1) is 29.6 Å². The predicted molar refractivity (Wildman–Crippen MR) is 147 cm³/mol. The second kappa shape index (κ2) is 9.13. The second-order valence-electron chi connectivity index (χ2n) is 8.81. The van der Waals surface area contributed by atoms with Crippen LogP contribution in [0.5, 0.6) is 0 Å². The number of aryl methyl sites for hydroxylation is 3. The maximum atomic E-state index is 14.0. The standard InChI is InChI=1S/C25H23ClN12O/c1-12-7-15(13(2)31-17-5-6-18(26)32-20(17)22-33-35-37(4)34-22)21-16(8-12)24(39)36(3)23-19(30-11-38(21)23)14-9-28-25(27)29-10-14/h5-11,13,31H,1-4H3,(H2,27,28,29)/i3D3,4D3. The van der Waals surface area contributed by atoms with Crippen molar-refractivity contribution in [2.24, 2.45) is 14.0 Å². The van der Waals surface area contributed by atoms with Crippen LogP contribution in [0.4, 0.5) is 11.6 Å². The van der Waals surface area contributed by atoms with Crippen molar-refractivity contribution in [1.82, 2.24) is 49.1 Å². The van der Waals surface area contributed by atoms with Crippen molar-refractivity contribution < 1.29 is 8.22 Å². The van der Waals surface area contributed by atoms with Gasteiger partial charge in [-0.15, -0.1) is 10.2 Å². The third kappa shape index (κ3) is 4.12. The van der Waals surface area contributed by atoms with Gasteiger partial charge in [0.15, 0.2) is 0 Å². The maximum Gasteiger partial charge on any atom is 0.261 e. The van der Waals surface area contributed by atoms with E-state index in [1.165, 1.54) is 24.8 Å². The molecule has 0 spiro atoms. The summed E-state index contributed by atoms with van der Waals surface area (Å²) < 4.78 is 49.6. The maximum absolute atomic E-state index is 14.0. The smallest absolute Gasteiger partial charge is 0.261 e. The van der Waals surface area contributed by atoms with E-state index in [2.05, 4.69) is 40.7 Å². The topological polar surface area (TPSA) is 160 Å². The number of hydrogen-bond acceptors (Lipinski definition) is 10. The fourth-order valence-electron chi connectivity index (χ4n) is 4.51. The highest BCUT2D eigenvalue weighted by molar-refractivity contribution is 6.29. The lowest BCUT2D eigenvalue weighted by Gasteiger charge is -2.21. The van der Waals surface area contributed by atoms with Crippen LogP contribution in [0.15, 0.2) is 47.8 Å². The Bertz CT molecular complexity index is 2150. The number of hydrogen-bond donors (Lipinski definition) is 2. The van der Waals surface area contributed by atoms with E-state index in [-0.39, 0.29) is 39.3 Å². The van der Waals surface area contributed by atoms with Crippen molar-refractivity contribution in [3.05, 3.63) is 69.6 Å². The van der Waals surface area contributed by atoms with Crippen molar-refractivity contribution in [2.75, 3.05) is 11.1 Å². The molecule has 0 amide bonds. The molecule has 0 radical (unpaired) electrons. The van der Waals surface area contributed by atoms with Gasteiger partial charge in [0.25, 0.3) is 5.56 Å². The highest BCUT2D eigenvalue weighted by atomic mass is 35.5. The van der Waals surface area contributed by atoms with Crippen molar-refractivity contribution in [2.45, 2.75) is 19.9 Å². The molecule has 3 N–H and O–H groups in total. The van der Waals surface area contributed by atoms with Gasteiger partial charge < -0.3 is 11.1 Å². The molecule has 196 valence electrons. The summed E-state index contributed by atoms with van der Waals surface area (Å²) in [6.07, 6.45) is 4.23. The van der Waals surface area contributed by atoms with Gasteiger partial charge in [0.1, 0.15) is 28.5 Å². The number of rotatable bonds is 5. The van der Waals surface area contributed by atoms with Crippen LogP contribution in [0.1, 0.15) is 32.3 Å². The molecule has 1 aromatic carbocycles. The molecule has 0 fully saturated rings. The van der Waals surface area contributed by atoms with E-state index in [0.29, 0.717) is 32.7 Å². The summed E-state index contributed by atoms with van der Waals surface area (Å²) in [6.45, 7) is -1.89. The number of nitrogens with zero attached hydrogens (tertiary/aromatic N) is 10. The SMILES string of the molecule is [2H]C([2H])([2H])n1nnc(-c2nc(Cl)ccc2NC(C)c2cc(C)cc3c(=O)n(C([2H])([2H])[2H])c4c(-c5cnc(N)nc5)ncn4c23)n1. The van der Waals surface area contributed by atoms with E-state index >= 15 is 0 Å². The van der Waals surface area contributed by atoms with E-state index in [4.69, 9.17) is 25.6 Å².